The zero-order valence-electron chi connectivity index (χ0n) is 10.7. The number of aromatic hydroxyl groups is 1. The van der Waals surface area contributed by atoms with Crippen molar-refractivity contribution >= 4 is 16.7 Å². The summed E-state index contributed by atoms with van der Waals surface area (Å²) in [6.07, 6.45) is 0. The zero-order valence-corrected chi connectivity index (χ0v) is 10.7. The molecule has 106 valence electrons. The summed E-state index contributed by atoms with van der Waals surface area (Å²) < 4.78 is 26.7. The number of halogens is 2. The Labute approximate surface area is 118 Å². The number of aromatic amines is 1. The lowest BCUT2D eigenvalue weighted by atomic mass is 10.1. The summed E-state index contributed by atoms with van der Waals surface area (Å²) >= 11 is 0. The smallest absolute Gasteiger partial charge is 0.168 e. The van der Waals surface area contributed by atoms with Gasteiger partial charge in [-0.2, -0.15) is 0 Å². The minimum atomic E-state index is -1.02. The van der Waals surface area contributed by atoms with E-state index in [0.717, 1.165) is 11.5 Å². The fraction of sp³-hybridized carbons (Fsp3) is 0. The molecular weight excluding hydrogens is 276 g/mol. The number of phenolic OH excluding ortho intramolecular Hbond substituents is 1. The Balaban J connectivity index is 2.20. The fourth-order valence-corrected chi connectivity index (χ4v) is 2.22. The number of nitrogens with one attached hydrogen (secondary N) is 2. The molecule has 0 aliphatic carbocycles. The summed E-state index contributed by atoms with van der Waals surface area (Å²) in [5, 5.41) is 17.9. The van der Waals surface area contributed by atoms with E-state index in [0.29, 0.717) is 22.8 Å². The monoisotopic (exact) mass is 287 g/mol. The molecule has 0 atom stereocenters. The van der Waals surface area contributed by atoms with Crippen LogP contribution >= 0.6 is 0 Å². The zero-order chi connectivity index (χ0) is 15.1. The van der Waals surface area contributed by atoms with E-state index in [9.17, 15) is 13.9 Å². The minimum absolute atomic E-state index is 0.0353. The van der Waals surface area contributed by atoms with Crippen LogP contribution in [0.1, 0.15) is 5.56 Å². The van der Waals surface area contributed by atoms with Gasteiger partial charge in [0.05, 0.1) is 5.69 Å². The van der Waals surface area contributed by atoms with Crippen LogP contribution in [0.15, 0.2) is 36.4 Å². The second-order valence-electron chi connectivity index (χ2n) is 4.68. The number of aromatic nitrogens is 1. The standard InChI is InChI=1S/C15H11F2N3O/c16-9-5-10(14(21)11(17)6-9)13-4-8-3-7(15(18)19)1-2-12(8)20-13/h1-6,20-21H,(H3,18,19). The molecule has 21 heavy (non-hydrogen) atoms. The maximum atomic E-state index is 13.4. The van der Waals surface area contributed by atoms with Crippen LogP contribution in [0.5, 0.6) is 5.75 Å². The molecule has 1 aromatic heterocycles. The fourth-order valence-electron chi connectivity index (χ4n) is 2.22. The van der Waals surface area contributed by atoms with Crippen molar-refractivity contribution in [3.05, 3.63) is 53.6 Å². The van der Waals surface area contributed by atoms with Crippen molar-refractivity contribution in [1.82, 2.24) is 4.98 Å². The van der Waals surface area contributed by atoms with Crippen LogP contribution in [-0.4, -0.2) is 15.9 Å². The van der Waals surface area contributed by atoms with Gasteiger partial charge in [-0.25, -0.2) is 8.78 Å². The lowest BCUT2D eigenvalue weighted by Crippen LogP contribution is -2.10. The molecule has 1 heterocycles. The molecule has 0 saturated carbocycles. The SMILES string of the molecule is N=C(N)c1ccc2[nH]c(-c3cc(F)cc(F)c3O)cc2c1. The van der Waals surface area contributed by atoms with Crippen LogP contribution in [-0.2, 0) is 0 Å². The van der Waals surface area contributed by atoms with Crippen molar-refractivity contribution in [3.63, 3.8) is 0 Å². The molecule has 2 aromatic carbocycles. The van der Waals surface area contributed by atoms with Crippen LogP contribution in [0.25, 0.3) is 22.2 Å². The summed E-state index contributed by atoms with van der Waals surface area (Å²) in [5.74, 6) is -2.48. The number of hydrogen-bond donors (Lipinski definition) is 4. The number of fused-ring (bicyclic) bond motifs is 1. The van der Waals surface area contributed by atoms with Gasteiger partial charge in [-0.3, -0.25) is 5.41 Å². The van der Waals surface area contributed by atoms with Gasteiger partial charge >= 0.3 is 0 Å². The van der Waals surface area contributed by atoms with Crippen LogP contribution < -0.4 is 5.73 Å². The van der Waals surface area contributed by atoms with E-state index in [2.05, 4.69) is 4.98 Å². The van der Waals surface area contributed by atoms with E-state index < -0.39 is 17.4 Å². The molecule has 5 N–H and O–H groups in total. The minimum Gasteiger partial charge on any atom is -0.504 e. The number of amidine groups is 1. The number of benzene rings is 2. The highest BCUT2D eigenvalue weighted by atomic mass is 19.1. The van der Waals surface area contributed by atoms with Crippen LogP contribution in [0.4, 0.5) is 8.78 Å². The molecular formula is C15H11F2N3O. The molecule has 0 unspecified atom stereocenters. The van der Waals surface area contributed by atoms with Crippen molar-refractivity contribution in [1.29, 1.82) is 5.41 Å². The molecule has 0 radical (unpaired) electrons. The van der Waals surface area contributed by atoms with E-state index in [1.54, 1.807) is 24.3 Å². The lowest BCUT2D eigenvalue weighted by Gasteiger charge is -2.03. The molecule has 6 heteroatoms. The van der Waals surface area contributed by atoms with Crippen molar-refractivity contribution in [2.45, 2.75) is 0 Å². The van der Waals surface area contributed by atoms with E-state index >= 15 is 0 Å². The van der Waals surface area contributed by atoms with Crippen molar-refractivity contribution in [2.24, 2.45) is 5.73 Å². The molecule has 3 rings (SSSR count). The Morgan fingerprint density at radius 1 is 1.14 bits per heavy atom. The number of rotatable bonds is 2. The summed E-state index contributed by atoms with van der Waals surface area (Å²) in [6.45, 7) is 0. The first-order chi connectivity index (χ1) is 9.95. The molecule has 0 bridgehead atoms. The van der Waals surface area contributed by atoms with Crippen molar-refractivity contribution in [2.75, 3.05) is 0 Å². The molecule has 3 aromatic rings. The predicted molar refractivity (Wildman–Crippen MR) is 76.3 cm³/mol. The van der Waals surface area contributed by atoms with Gasteiger partial charge in [0.15, 0.2) is 11.6 Å². The molecule has 0 amide bonds. The highest BCUT2D eigenvalue weighted by molar-refractivity contribution is 5.99. The number of H-pyrrole nitrogens is 1. The maximum Gasteiger partial charge on any atom is 0.168 e. The summed E-state index contributed by atoms with van der Waals surface area (Å²) in [7, 11) is 0. The van der Waals surface area contributed by atoms with E-state index in [1.165, 1.54) is 0 Å². The van der Waals surface area contributed by atoms with E-state index in [4.69, 9.17) is 11.1 Å². The molecule has 0 aliphatic rings. The van der Waals surface area contributed by atoms with E-state index in [-0.39, 0.29) is 11.4 Å². The van der Waals surface area contributed by atoms with Crippen LogP contribution in [0.2, 0.25) is 0 Å². The highest BCUT2D eigenvalue weighted by Crippen LogP contribution is 2.33. The number of nitrogen functional groups attached to an aromatic ring is 1. The Bertz CT molecular complexity index is 871. The molecule has 0 aliphatic heterocycles. The first-order valence-corrected chi connectivity index (χ1v) is 6.11. The second kappa shape index (κ2) is 4.59. The van der Waals surface area contributed by atoms with Gasteiger partial charge in [0.1, 0.15) is 11.7 Å². The summed E-state index contributed by atoms with van der Waals surface area (Å²) in [6, 6.07) is 8.36. The van der Waals surface area contributed by atoms with Gasteiger partial charge in [-0.05, 0) is 30.3 Å². The van der Waals surface area contributed by atoms with Crippen molar-refractivity contribution in [3.8, 4) is 17.0 Å². The second-order valence-corrected chi connectivity index (χ2v) is 4.68. The Kier molecular flexibility index (Phi) is 2.86. The number of phenols is 1. The molecule has 0 spiro atoms. The average molecular weight is 287 g/mol. The van der Waals surface area contributed by atoms with Gasteiger partial charge in [0.2, 0.25) is 0 Å². The van der Waals surface area contributed by atoms with Crippen LogP contribution in [0, 0.1) is 17.0 Å². The van der Waals surface area contributed by atoms with Crippen LogP contribution in [0.3, 0.4) is 0 Å². The van der Waals surface area contributed by atoms with Gasteiger partial charge in [-0.15, -0.1) is 0 Å². The van der Waals surface area contributed by atoms with Gasteiger partial charge < -0.3 is 15.8 Å². The van der Waals surface area contributed by atoms with Gasteiger partial charge in [-0.1, -0.05) is 0 Å². The quantitative estimate of drug-likeness (QED) is 0.431. The first kappa shape index (κ1) is 13.1. The summed E-state index contributed by atoms with van der Waals surface area (Å²) in [4.78, 5) is 2.97. The summed E-state index contributed by atoms with van der Waals surface area (Å²) in [5.41, 5.74) is 7.08. The number of hydrogen-bond acceptors (Lipinski definition) is 2. The topological polar surface area (TPSA) is 85.9 Å². The third-order valence-electron chi connectivity index (χ3n) is 3.25. The molecule has 0 fully saturated rings. The Hall–Kier alpha value is -2.89. The maximum absolute atomic E-state index is 13.4. The lowest BCUT2D eigenvalue weighted by molar-refractivity contribution is 0.430. The van der Waals surface area contributed by atoms with Crippen molar-refractivity contribution < 1.29 is 13.9 Å². The Morgan fingerprint density at radius 2 is 1.90 bits per heavy atom. The Morgan fingerprint density at radius 3 is 2.62 bits per heavy atom. The molecule has 0 saturated heterocycles. The normalized spacial score (nSPS) is 11.0. The number of nitrogens with two attached hydrogens (primary N) is 1. The third kappa shape index (κ3) is 2.20. The van der Waals surface area contributed by atoms with Gasteiger partial charge in [0, 0.05) is 28.1 Å². The van der Waals surface area contributed by atoms with Gasteiger partial charge in [0.25, 0.3) is 0 Å². The molecule has 4 nitrogen and oxygen atoms in total. The predicted octanol–water partition coefficient (Wildman–Crippen LogP) is 3.10. The average Bonchev–Trinajstić information content (AvgIpc) is 2.85. The third-order valence-corrected chi connectivity index (χ3v) is 3.25. The first-order valence-electron chi connectivity index (χ1n) is 6.11. The highest BCUT2D eigenvalue weighted by Gasteiger charge is 2.14. The largest absolute Gasteiger partial charge is 0.504 e. The van der Waals surface area contributed by atoms with E-state index in [1.807, 2.05) is 0 Å².